The van der Waals surface area contributed by atoms with E-state index in [0.717, 1.165) is 5.56 Å². The zero-order valence-corrected chi connectivity index (χ0v) is 19.4. The maximum Gasteiger partial charge on any atom is 0.337 e. The predicted octanol–water partition coefficient (Wildman–Crippen LogP) is 4.77. The van der Waals surface area contributed by atoms with Crippen LogP contribution in [-0.2, 0) is 6.42 Å². The Morgan fingerprint density at radius 1 is 0.923 bits per heavy atom. The zero-order valence-electron chi connectivity index (χ0n) is 13.1. The largest absolute Gasteiger partial charge is 0.478 e. The quantitative estimate of drug-likeness (QED) is 0.323. The summed E-state index contributed by atoms with van der Waals surface area (Å²) in [4.78, 5) is 24.5. The number of aliphatic hydroxyl groups is 1. The number of aliphatic hydroxyl groups excluding tert-OH is 1. The molecule has 0 saturated heterocycles. The van der Waals surface area contributed by atoms with Crippen LogP contribution >= 0.6 is 63.7 Å². The normalized spacial score (nSPS) is 11.9. The Kier molecular flexibility index (Phi) is 7.84. The number of halogens is 4. The van der Waals surface area contributed by atoms with Crippen LogP contribution in [-0.4, -0.2) is 34.7 Å². The van der Waals surface area contributed by atoms with Crippen molar-refractivity contribution >= 4 is 75.6 Å². The number of aromatic carboxylic acids is 1. The number of benzene rings is 2. The first-order chi connectivity index (χ1) is 12.3. The molecule has 5 nitrogen and oxygen atoms in total. The van der Waals surface area contributed by atoms with Gasteiger partial charge in [0, 0.05) is 17.9 Å². The highest BCUT2D eigenvalue weighted by Gasteiger charge is 2.28. The summed E-state index contributed by atoms with van der Waals surface area (Å²) < 4.78 is 1.53. The molecule has 3 N–H and O–H groups in total. The molecule has 0 radical (unpaired) electrons. The molecule has 1 amide bonds. The van der Waals surface area contributed by atoms with Gasteiger partial charge < -0.3 is 15.5 Å². The van der Waals surface area contributed by atoms with Gasteiger partial charge in [-0.1, -0.05) is 30.3 Å². The summed E-state index contributed by atoms with van der Waals surface area (Å²) in [6.07, 6.45) is 0.419. The van der Waals surface area contributed by atoms with Gasteiger partial charge in [0.25, 0.3) is 5.91 Å². The van der Waals surface area contributed by atoms with Crippen LogP contribution in [0.4, 0.5) is 0 Å². The van der Waals surface area contributed by atoms with Crippen LogP contribution in [0, 0.1) is 0 Å². The number of carbonyl (C=O) groups excluding carboxylic acids is 1. The van der Waals surface area contributed by atoms with Crippen molar-refractivity contribution in [1.29, 1.82) is 0 Å². The van der Waals surface area contributed by atoms with Crippen molar-refractivity contribution in [3.63, 3.8) is 0 Å². The van der Waals surface area contributed by atoms with E-state index < -0.39 is 17.9 Å². The van der Waals surface area contributed by atoms with Crippen LogP contribution in [0.25, 0.3) is 0 Å². The molecule has 1 unspecified atom stereocenters. The minimum Gasteiger partial charge on any atom is -0.478 e. The molecule has 0 aliphatic heterocycles. The van der Waals surface area contributed by atoms with Crippen molar-refractivity contribution in [2.45, 2.75) is 12.5 Å². The lowest BCUT2D eigenvalue weighted by Gasteiger charge is -2.19. The summed E-state index contributed by atoms with van der Waals surface area (Å²) in [5, 5.41) is 21.9. The highest BCUT2D eigenvalue weighted by atomic mass is 79.9. The lowest BCUT2D eigenvalue weighted by Crippen LogP contribution is -2.40. The van der Waals surface area contributed by atoms with Gasteiger partial charge in [-0.25, -0.2) is 4.79 Å². The van der Waals surface area contributed by atoms with Crippen LogP contribution in [0.5, 0.6) is 0 Å². The third-order valence-corrected chi connectivity index (χ3v) is 8.36. The average Bonchev–Trinajstić information content (AvgIpc) is 2.62. The van der Waals surface area contributed by atoms with E-state index in [0.29, 0.717) is 19.8 Å². The van der Waals surface area contributed by atoms with Crippen LogP contribution in [0.3, 0.4) is 0 Å². The Bertz CT molecular complexity index is 843. The third-order valence-electron chi connectivity index (χ3n) is 3.59. The minimum absolute atomic E-state index is 0.0361. The molecule has 0 bridgehead atoms. The number of carboxylic acids is 1. The van der Waals surface area contributed by atoms with Crippen LogP contribution < -0.4 is 5.32 Å². The van der Waals surface area contributed by atoms with Crippen LogP contribution in [0.2, 0.25) is 0 Å². The molecule has 0 aliphatic carbocycles. The van der Waals surface area contributed by atoms with E-state index in [1.54, 1.807) is 0 Å². The number of carbonyl (C=O) groups is 2. The summed E-state index contributed by atoms with van der Waals surface area (Å²) in [5.74, 6) is -1.85. The zero-order chi connectivity index (χ0) is 19.4. The molecular weight excluding hydrogens is 602 g/mol. The lowest BCUT2D eigenvalue weighted by atomic mass is 10.0. The van der Waals surface area contributed by atoms with Gasteiger partial charge in [0.2, 0.25) is 0 Å². The summed E-state index contributed by atoms with van der Waals surface area (Å²) in [7, 11) is 0. The van der Waals surface area contributed by atoms with Crippen molar-refractivity contribution in [2.75, 3.05) is 6.61 Å². The Morgan fingerprint density at radius 2 is 1.46 bits per heavy atom. The van der Waals surface area contributed by atoms with Gasteiger partial charge in [0.1, 0.15) is 0 Å². The lowest BCUT2D eigenvalue weighted by molar-refractivity contribution is 0.0688. The molecular formula is C17H13Br4NO4. The molecule has 0 aliphatic rings. The monoisotopic (exact) mass is 611 g/mol. The Labute approximate surface area is 183 Å². The number of carboxylic acid groups (broad SMARTS) is 1. The predicted molar refractivity (Wildman–Crippen MR) is 113 cm³/mol. The first-order valence-corrected chi connectivity index (χ1v) is 10.5. The second-order valence-electron chi connectivity index (χ2n) is 5.35. The average molecular weight is 615 g/mol. The fraction of sp³-hybridized carbons (Fsp3) is 0.176. The van der Waals surface area contributed by atoms with Gasteiger partial charge in [-0.05, 0) is 75.7 Å². The molecule has 0 saturated carbocycles. The molecule has 2 rings (SSSR count). The molecule has 0 heterocycles. The fourth-order valence-corrected chi connectivity index (χ4v) is 4.83. The SMILES string of the molecule is O=C(O)c1c(Br)c(Br)c(Br)c(Br)c1C(=O)NC(CO)Cc1ccccc1. The number of nitrogens with one attached hydrogen (secondary N) is 1. The number of rotatable bonds is 6. The molecule has 0 aromatic heterocycles. The van der Waals surface area contributed by atoms with E-state index in [9.17, 15) is 19.8 Å². The Morgan fingerprint density at radius 3 is 1.96 bits per heavy atom. The summed E-state index contributed by atoms with van der Waals surface area (Å²) in [6.45, 7) is -0.278. The molecule has 9 heteroatoms. The van der Waals surface area contributed by atoms with Gasteiger partial charge in [0.05, 0.1) is 23.8 Å². The van der Waals surface area contributed by atoms with Crippen molar-refractivity contribution in [2.24, 2.45) is 0 Å². The van der Waals surface area contributed by atoms with Crippen LogP contribution in [0.15, 0.2) is 48.2 Å². The second kappa shape index (κ2) is 9.45. The molecule has 0 fully saturated rings. The van der Waals surface area contributed by atoms with E-state index in [2.05, 4.69) is 69.0 Å². The molecule has 138 valence electrons. The van der Waals surface area contributed by atoms with Crippen molar-refractivity contribution in [3.05, 3.63) is 64.9 Å². The molecule has 2 aromatic carbocycles. The standard InChI is InChI=1S/C17H13Br4NO4/c18-12-10(11(17(25)26)13(19)15(21)14(12)20)16(24)22-9(7-23)6-8-4-2-1-3-5-8/h1-5,9,23H,6-7H2,(H,22,24)(H,25,26). The smallest absolute Gasteiger partial charge is 0.337 e. The van der Waals surface area contributed by atoms with E-state index in [1.807, 2.05) is 30.3 Å². The third kappa shape index (κ3) is 4.75. The van der Waals surface area contributed by atoms with Crippen molar-refractivity contribution < 1.29 is 19.8 Å². The maximum atomic E-state index is 12.8. The first kappa shape index (κ1) is 21.6. The van der Waals surface area contributed by atoms with E-state index in [4.69, 9.17) is 0 Å². The maximum absolute atomic E-state index is 12.8. The van der Waals surface area contributed by atoms with E-state index in [-0.39, 0.29) is 22.2 Å². The van der Waals surface area contributed by atoms with Crippen molar-refractivity contribution in [3.8, 4) is 0 Å². The minimum atomic E-state index is -1.25. The second-order valence-corrected chi connectivity index (χ2v) is 8.53. The summed E-state index contributed by atoms with van der Waals surface area (Å²) in [6, 6.07) is 8.84. The highest BCUT2D eigenvalue weighted by Crippen LogP contribution is 2.42. The number of hydrogen-bond acceptors (Lipinski definition) is 3. The van der Waals surface area contributed by atoms with Gasteiger partial charge in [0.15, 0.2) is 0 Å². The Balaban J connectivity index is 2.38. The number of hydrogen-bond donors (Lipinski definition) is 3. The summed E-state index contributed by atoms with van der Waals surface area (Å²) >= 11 is 13.1. The molecule has 1 atom stereocenters. The Hall–Kier alpha value is -0.740. The highest BCUT2D eigenvalue weighted by molar-refractivity contribution is 9.15. The summed E-state index contributed by atoms with van der Waals surface area (Å²) in [5.41, 5.74) is 0.731. The molecule has 2 aromatic rings. The van der Waals surface area contributed by atoms with E-state index >= 15 is 0 Å². The van der Waals surface area contributed by atoms with Crippen LogP contribution in [0.1, 0.15) is 26.3 Å². The molecule has 26 heavy (non-hydrogen) atoms. The van der Waals surface area contributed by atoms with Gasteiger partial charge >= 0.3 is 5.97 Å². The molecule has 0 spiro atoms. The van der Waals surface area contributed by atoms with Crippen molar-refractivity contribution in [1.82, 2.24) is 5.32 Å². The topological polar surface area (TPSA) is 86.6 Å². The van der Waals surface area contributed by atoms with Gasteiger partial charge in [-0.3, -0.25) is 4.79 Å². The fourth-order valence-electron chi connectivity index (χ4n) is 2.36. The van der Waals surface area contributed by atoms with Gasteiger partial charge in [-0.15, -0.1) is 0 Å². The number of amides is 1. The first-order valence-electron chi connectivity index (χ1n) is 7.32. The van der Waals surface area contributed by atoms with Gasteiger partial charge in [-0.2, -0.15) is 0 Å². The van der Waals surface area contributed by atoms with E-state index in [1.165, 1.54) is 0 Å².